The number of hydrogen-bond acceptors (Lipinski definition) is 5. The van der Waals surface area contributed by atoms with E-state index in [0.717, 1.165) is 37.1 Å². The Morgan fingerprint density at radius 2 is 1.91 bits per heavy atom. The third kappa shape index (κ3) is 7.52. The number of rotatable bonds is 12. The molecular weight excluding hydrogens is 440 g/mol. The second-order valence-electron chi connectivity index (χ2n) is 8.60. The Bertz CT molecular complexity index is 922. The third-order valence-electron chi connectivity index (χ3n) is 6.11. The molecule has 2 aromatic carbocycles. The van der Waals surface area contributed by atoms with Gasteiger partial charge in [0.05, 0.1) is 11.0 Å². The van der Waals surface area contributed by atoms with Crippen molar-refractivity contribution in [3.63, 3.8) is 0 Å². The third-order valence-corrected chi connectivity index (χ3v) is 6.48. The maximum Gasteiger partial charge on any atom is 0.269 e. The smallest absolute Gasteiger partial charge is 0.269 e. The first-order valence-corrected chi connectivity index (χ1v) is 12.1. The highest BCUT2D eigenvalue weighted by Gasteiger charge is 2.36. The van der Waals surface area contributed by atoms with Gasteiger partial charge in [0.1, 0.15) is 0 Å². The van der Waals surface area contributed by atoms with Crippen LogP contribution in [-0.4, -0.2) is 47.4 Å². The molecule has 33 heavy (non-hydrogen) atoms. The van der Waals surface area contributed by atoms with E-state index in [9.17, 15) is 14.9 Å². The van der Waals surface area contributed by atoms with Crippen molar-refractivity contribution in [2.75, 3.05) is 19.6 Å². The summed E-state index contributed by atoms with van der Waals surface area (Å²) in [6.45, 7) is 5.08. The molecule has 1 aliphatic rings. The van der Waals surface area contributed by atoms with Crippen molar-refractivity contribution < 1.29 is 9.72 Å². The number of nitro benzene ring substituents is 1. The molecule has 0 radical (unpaired) electrons. The van der Waals surface area contributed by atoms with E-state index >= 15 is 0 Å². The highest BCUT2D eigenvalue weighted by atomic mass is 35.5. The van der Waals surface area contributed by atoms with E-state index in [1.165, 1.54) is 25.0 Å². The van der Waals surface area contributed by atoms with E-state index in [-0.39, 0.29) is 23.7 Å². The monoisotopic (exact) mass is 472 g/mol. The summed E-state index contributed by atoms with van der Waals surface area (Å²) >= 11 is 6.38. The van der Waals surface area contributed by atoms with Crippen molar-refractivity contribution in [2.45, 2.75) is 57.7 Å². The Morgan fingerprint density at radius 1 is 1.15 bits per heavy atom. The summed E-state index contributed by atoms with van der Waals surface area (Å²) in [6, 6.07) is 14.3. The number of amides is 1. The van der Waals surface area contributed by atoms with Crippen LogP contribution in [0.4, 0.5) is 5.69 Å². The second kappa shape index (κ2) is 12.7. The standard InChI is InChI=1S/C25H33ClN4O3/c1-2-3-6-14-27-21-16-24(29(18-21)17-20-7-4-5-8-23(20)26)25(31)28-15-13-19-9-11-22(12-10-19)30(32)33/h4-5,7-12,21,24,27H,2-3,6,13-18H2,1H3,(H,28,31)/t21-,24-/m0/s1. The fraction of sp³-hybridized carbons (Fsp3) is 0.480. The highest BCUT2D eigenvalue weighted by Crippen LogP contribution is 2.24. The molecule has 1 fully saturated rings. The molecule has 0 spiro atoms. The molecule has 0 unspecified atom stereocenters. The fourth-order valence-electron chi connectivity index (χ4n) is 4.26. The number of hydrogen-bond donors (Lipinski definition) is 2. The van der Waals surface area contributed by atoms with E-state index in [4.69, 9.17) is 11.6 Å². The predicted molar refractivity (Wildman–Crippen MR) is 131 cm³/mol. The van der Waals surface area contributed by atoms with Gasteiger partial charge < -0.3 is 10.6 Å². The number of halogens is 1. The summed E-state index contributed by atoms with van der Waals surface area (Å²) in [6.07, 6.45) is 4.92. The fourth-order valence-corrected chi connectivity index (χ4v) is 4.45. The van der Waals surface area contributed by atoms with Gasteiger partial charge in [-0.2, -0.15) is 0 Å². The maximum absolute atomic E-state index is 13.1. The first kappa shape index (κ1) is 25.1. The number of carbonyl (C=O) groups is 1. The number of likely N-dealkylation sites (tertiary alicyclic amines) is 1. The molecule has 3 rings (SSSR count). The molecule has 0 aromatic heterocycles. The number of unbranched alkanes of at least 4 members (excludes halogenated alkanes) is 2. The zero-order valence-electron chi connectivity index (χ0n) is 19.1. The van der Waals surface area contributed by atoms with Crippen molar-refractivity contribution in [3.05, 3.63) is 74.8 Å². The van der Waals surface area contributed by atoms with Crippen molar-refractivity contribution in [1.82, 2.24) is 15.5 Å². The highest BCUT2D eigenvalue weighted by molar-refractivity contribution is 6.31. The molecule has 2 aromatic rings. The van der Waals surface area contributed by atoms with Crippen molar-refractivity contribution in [3.8, 4) is 0 Å². The van der Waals surface area contributed by atoms with Crippen LogP contribution in [0.25, 0.3) is 0 Å². The molecule has 1 amide bonds. The van der Waals surface area contributed by atoms with Crippen molar-refractivity contribution >= 4 is 23.2 Å². The van der Waals surface area contributed by atoms with E-state index in [0.29, 0.717) is 24.5 Å². The Morgan fingerprint density at radius 3 is 2.61 bits per heavy atom. The number of non-ortho nitro benzene ring substituents is 1. The zero-order chi connectivity index (χ0) is 23.6. The van der Waals surface area contributed by atoms with Crippen LogP contribution in [0.15, 0.2) is 48.5 Å². The minimum Gasteiger partial charge on any atom is -0.354 e. The lowest BCUT2D eigenvalue weighted by Gasteiger charge is -2.24. The Balaban J connectivity index is 1.57. The van der Waals surface area contributed by atoms with Gasteiger partial charge in [-0.15, -0.1) is 0 Å². The largest absolute Gasteiger partial charge is 0.354 e. The van der Waals surface area contributed by atoms with Crippen molar-refractivity contribution in [1.29, 1.82) is 0 Å². The molecule has 0 saturated carbocycles. The summed E-state index contributed by atoms with van der Waals surface area (Å²) in [7, 11) is 0. The van der Waals surface area contributed by atoms with Crippen LogP contribution in [0.3, 0.4) is 0 Å². The number of nitro groups is 1. The number of nitrogens with one attached hydrogen (secondary N) is 2. The molecule has 7 nitrogen and oxygen atoms in total. The Kier molecular flexibility index (Phi) is 9.66. The van der Waals surface area contributed by atoms with Gasteiger partial charge in [0.2, 0.25) is 5.91 Å². The molecular formula is C25H33ClN4O3. The van der Waals surface area contributed by atoms with E-state index in [2.05, 4.69) is 22.5 Å². The average Bonchev–Trinajstić information content (AvgIpc) is 3.21. The summed E-state index contributed by atoms with van der Waals surface area (Å²) in [4.78, 5) is 25.7. The molecule has 1 heterocycles. The van der Waals surface area contributed by atoms with Crippen LogP contribution in [0.1, 0.15) is 43.7 Å². The van der Waals surface area contributed by atoms with Crippen LogP contribution < -0.4 is 10.6 Å². The molecule has 0 aliphatic carbocycles. The lowest BCUT2D eigenvalue weighted by Crippen LogP contribution is -2.43. The second-order valence-corrected chi connectivity index (χ2v) is 9.00. The van der Waals surface area contributed by atoms with Gasteiger partial charge in [-0.25, -0.2) is 0 Å². The molecule has 0 bridgehead atoms. The average molecular weight is 473 g/mol. The zero-order valence-corrected chi connectivity index (χ0v) is 19.9. The SMILES string of the molecule is CCCCCN[C@H]1C[C@@H](C(=O)NCCc2ccc([N+](=O)[O-])cc2)N(Cc2ccccc2Cl)C1. The molecule has 1 saturated heterocycles. The van der Waals surface area contributed by atoms with Crippen LogP contribution in [0.5, 0.6) is 0 Å². The molecule has 2 atom stereocenters. The maximum atomic E-state index is 13.1. The Hall–Kier alpha value is -2.48. The lowest BCUT2D eigenvalue weighted by atomic mass is 10.1. The molecule has 8 heteroatoms. The van der Waals surface area contributed by atoms with Gasteiger partial charge >= 0.3 is 0 Å². The normalized spacial score (nSPS) is 18.4. The van der Waals surface area contributed by atoms with Crippen molar-refractivity contribution in [2.24, 2.45) is 0 Å². The van der Waals surface area contributed by atoms with Gasteiger partial charge in [-0.3, -0.25) is 19.8 Å². The Labute approximate surface area is 200 Å². The summed E-state index contributed by atoms with van der Waals surface area (Å²) < 4.78 is 0. The van der Waals surface area contributed by atoms with Gasteiger partial charge in [0.15, 0.2) is 0 Å². The first-order chi connectivity index (χ1) is 16.0. The van der Waals surface area contributed by atoms with E-state index in [1.54, 1.807) is 12.1 Å². The predicted octanol–water partition coefficient (Wildman–Crippen LogP) is 4.33. The quantitative estimate of drug-likeness (QED) is 0.273. The van der Waals surface area contributed by atoms with Crippen LogP contribution >= 0.6 is 11.6 Å². The molecule has 178 valence electrons. The van der Waals surface area contributed by atoms with E-state index < -0.39 is 4.92 Å². The first-order valence-electron chi connectivity index (χ1n) is 11.7. The number of benzene rings is 2. The van der Waals surface area contributed by atoms with E-state index in [1.807, 2.05) is 24.3 Å². The van der Waals surface area contributed by atoms with Gasteiger partial charge in [-0.05, 0) is 43.0 Å². The van der Waals surface area contributed by atoms with Crippen LogP contribution in [-0.2, 0) is 17.8 Å². The number of carbonyl (C=O) groups excluding carboxylic acids is 1. The van der Waals surface area contributed by atoms with Gasteiger partial charge in [0, 0.05) is 42.8 Å². The minimum atomic E-state index is -0.411. The van der Waals surface area contributed by atoms with Crippen LogP contribution in [0, 0.1) is 10.1 Å². The van der Waals surface area contributed by atoms with Gasteiger partial charge in [-0.1, -0.05) is 61.7 Å². The summed E-state index contributed by atoms with van der Waals surface area (Å²) in [5.74, 6) is 0.0156. The summed E-state index contributed by atoms with van der Waals surface area (Å²) in [5.41, 5.74) is 2.05. The minimum absolute atomic E-state index is 0.0156. The lowest BCUT2D eigenvalue weighted by molar-refractivity contribution is -0.384. The van der Waals surface area contributed by atoms with Crippen LogP contribution in [0.2, 0.25) is 5.02 Å². The molecule has 1 aliphatic heterocycles. The molecule has 2 N–H and O–H groups in total. The van der Waals surface area contributed by atoms with Gasteiger partial charge in [0.25, 0.3) is 5.69 Å². The summed E-state index contributed by atoms with van der Waals surface area (Å²) in [5, 5.41) is 18.2. The topological polar surface area (TPSA) is 87.5 Å². The number of nitrogens with zero attached hydrogens (tertiary/aromatic N) is 2.